The van der Waals surface area contributed by atoms with E-state index in [4.69, 9.17) is 4.74 Å². The maximum Gasteiger partial charge on any atom is 0.0591 e. The standard InChI is InChI=1S/C14H26N2O/c1-2-8-16-9-6-13(14(16)3-1)15-7-10-17-11-12-4-5-12/h12-15H,1-11H2. The first-order chi connectivity index (χ1) is 8.43. The molecule has 3 heteroatoms. The topological polar surface area (TPSA) is 24.5 Å². The van der Waals surface area contributed by atoms with Crippen LogP contribution in [0.1, 0.15) is 38.5 Å². The number of hydrogen-bond acceptors (Lipinski definition) is 3. The highest BCUT2D eigenvalue weighted by molar-refractivity contribution is 4.93. The lowest BCUT2D eigenvalue weighted by atomic mass is 9.99. The van der Waals surface area contributed by atoms with Crippen LogP contribution < -0.4 is 5.32 Å². The number of nitrogens with zero attached hydrogens (tertiary/aromatic N) is 1. The SMILES string of the molecule is C1CCN2CCC(NCCOCC3CC3)C2C1. The van der Waals surface area contributed by atoms with Gasteiger partial charge in [0.1, 0.15) is 0 Å². The molecule has 1 N–H and O–H groups in total. The Morgan fingerprint density at radius 2 is 2.00 bits per heavy atom. The van der Waals surface area contributed by atoms with Crippen molar-refractivity contribution in [1.29, 1.82) is 0 Å². The molecule has 2 aliphatic heterocycles. The Labute approximate surface area is 105 Å². The number of ether oxygens (including phenoxy) is 1. The van der Waals surface area contributed by atoms with Crippen molar-refractivity contribution in [3.63, 3.8) is 0 Å². The van der Waals surface area contributed by atoms with Crippen LogP contribution in [0.4, 0.5) is 0 Å². The normalized spacial score (nSPS) is 33.9. The lowest BCUT2D eigenvalue weighted by Crippen LogP contribution is -2.45. The molecular weight excluding hydrogens is 212 g/mol. The molecule has 0 bridgehead atoms. The van der Waals surface area contributed by atoms with E-state index in [-0.39, 0.29) is 0 Å². The van der Waals surface area contributed by atoms with Crippen LogP contribution in [0.5, 0.6) is 0 Å². The minimum atomic E-state index is 0.736. The lowest BCUT2D eigenvalue weighted by molar-refractivity contribution is 0.120. The molecule has 3 nitrogen and oxygen atoms in total. The van der Waals surface area contributed by atoms with Gasteiger partial charge in [-0.15, -0.1) is 0 Å². The third kappa shape index (κ3) is 3.21. The van der Waals surface area contributed by atoms with Gasteiger partial charge in [0, 0.05) is 31.8 Å². The van der Waals surface area contributed by atoms with E-state index in [9.17, 15) is 0 Å². The molecular formula is C14H26N2O. The molecule has 2 atom stereocenters. The largest absolute Gasteiger partial charge is 0.380 e. The molecule has 2 saturated heterocycles. The Morgan fingerprint density at radius 3 is 2.88 bits per heavy atom. The lowest BCUT2D eigenvalue weighted by Gasteiger charge is -2.32. The first kappa shape index (κ1) is 11.9. The van der Waals surface area contributed by atoms with Gasteiger partial charge in [0.25, 0.3) is 0 Å². The van der Waals surface area contributed by atoms with Crippen molar-refractivity contribution in [2.24, 2.45) is 5.92 Å². The van der Waals surface area contributed by atoms with Crippen molar-refractivity contribution in [3.8, 4) is 0 Å². The third-order valence-electron chi connectivity index (χ3n) is 4.56. The van der Waals surface area contributed by atoms with Crippen molar-refractivity contribution in [3.05, 3.63) is 0 Å². The monoisotopic (exact) mass is 238 g/mol. The summed E-state index contributed by atoms with van der Waals surface area (Å²) in [4.78, 5) is 2.69. The number of fused-ring (bicyclic) bond motifs is 1. The second-order valence-corrected chi connectivity index (χ2v) is 5.97. The summed E-state index contributed by atoms with van der Waals surface area (Å²) < 4.78 is 5.68. The molecule has 3 aliphatic rings. The van der Waals surface area contributed by atoms with Crippen LogP contribution >= 0.6 is 0 Å². The summed E-state index contributed by atoms with van der Waals surface area (Å²) in [5, 5.41) is 3.71. The maximum atomic E-state index is 5.68. The molecule has 3 rings (SSSR count). The molecule has 3 fully saturated rings. The molecule has 17 heavy (non-hydrogen) atoms. The molecule has 0 aromatic rings. The Balaban J connectivity index is 1.31. The highest BCUT2D eigenvalue weighted by Crippen LogP contribution is 2.29. The predicted octanol–water partition coefficient (Wildman–Crippen LogP) is 1.63. The molecule has 0 amide bonds. The van der Waals surface area contributed by atoms with Crippen molar-refractivity contribution >= 4 is 0 Å². The summed E-state index contributed by atoms with van der Waals surface area (Å²) in [5.41, 5.74) is 0. The van der Waals surface area contributed by atoms with Crippen LogP contribution in [0.3, 0.4) is 0 Å². The van der Waals surface area contributed by atoms with Gasteiger partial charge >= 0.3 is 0 Å². The smallest absolute Gasteiger partial charge is 0.0591 e. The van der Waals surface area contributed by atoms with Gasteiger partial charge in [-0.3, -0.25) is 4.90 Å². The van der Waals surface area contributed by atoms with Gasteiger partial charge in [-0.1, -0.05) is 6.42 Å². The number of rotatable bonds is 6. The highest BCUT2D eigenvalue weighted by Gasteiger charge is 2.34. The highest BCUT2D eigenvalue weighted by atomic mass is 16.5. The molecule has 0 aromatic carbocycles. The zero-order chi connectivity index (χ0) is 11.5. The van der Waals surface area contributed by atoms with Crippen LogP contribution in [0.25, 0.3) is 0 Å². The van der Waals surface area contributed by atoms with E-state index in [1.807, 2.05) is 0 Å². The fourth-order valence-corrected chi connectivity index (χ4v) is 3.34. The molecule has 2 heterocycles. The van der Waals surface area contributed by atoms with Gasteiger partial charge in [0.15, 0.2) is 0 Å². The minimum absolute atomic E-state index is 0.736. The van der Waals surface area contributed by atoms with Gasteiger partial charge in [-0.2, -0.15) is 0 Å². The molecule has 98 valence electrons. The number of nitrogens with one attached hydrogen (secondary N) is 1. The fraction of sp³-hybridized carbons (Fsp3) is 1.00. The number of hydrogen-bond donors (Lipinski definition) is 1. The van der Waals surface area contributed by atoms with Crippen LogP contribution in [0.15, 0.2) is 0 Å². The third-order valence-corrected chi connectivity index (χ3v) is 4.56. The summed E-state index contributed by atoms with van der Waals surface area (Å²) in [6.07, 6.45) is 8.37. The molecule has 1 saturated carbocycles. The molecule has 0 radical (unpaired) electrons. The first-order valence-corrected chi connectivity index (χ1v) is 7.48. The van der Waals surface area contributed by atoms with E-state index in [0.717, 1.165) is 37.8 Å². The zero-order valence-electron chi connectivity index (χ0n) is 10.9. The van der Waals surface area contributed by atoms with Crippen molar-refractivity contribution in [2.75, 3.05) is 32.8 Å². The molecule has 1 aliphatic carbocycles. The van der Waals surface area contributed by atoms with E-state index in [1.165, 1.54) is 51.6 Å². The predicted molar refractivity (Wildman–Crippen MR) is 69.2 cm³/mol. The van der Waals surface area contributed by atoms with Crippen LogP contribution in [0, 0.1) is 5.92 Å². The van der Waals surface area contributed by atoms with E-state index in [1.54, 1.807) is 0 Å². The molecule has 0 spiro atoms. The summed E-state index contributed by atoms with van der Waals surface area (Å²) in [7, 11) is 0. The molecule has 2 unspecified atom stereocenters. The Morgan fingerprint density at radius 1 is 1.06 bits per heavy atom. The van der Waals surface area contributed by atoms with E-state index in [2.05, 4.69) is 10.2 Å². The summed E-state index contributed by atoms with van der Waals surface area (Å²) in [6.45, 7) is 5.59. The Kier molecular flexibility index (Phi) is 3.99. The van der Waals surface area contributed by atoms with Gasteiger partial charge in [0.05, 0.1) is 6.61 Å². The van der Waals surface area contributed by atoms with Gasteiger partial charge < -0.3 is 10.1 Å². The summed E-state index contributed by atoms with van der Waals surface area (Å²) in [6, 6.07) is 1.56. The number of piperidine rings is 1. The fourth-order valence-electron chi connectivity index (χ4n) is 3.34. The van der Waals surface area contributed by atoms with Crippen molar-refractivity contribution in [2.45, 2.75) is 50.6 Å². The van der Waals surface area contributed by atoms with E-state index >= 15 is 0 Å². The Hall–Kier alpha value is -0.120. The average Bonchev–Trinajstić information content (AvgIpc) is 3.09. The summed E-state index contributed by atoms with van der Waals surface area (Å²) >= 11 is 0. The van der Waals surface area contributed by atoms with Crippen LogP contribution in [-0.4, -0.2) is 49.8 Å². The Bertz CT molecular complexity index is 242. The zero-order valence-corrected chi connectivity index (χ0v) is 10.9. The van der Waals surface area contributed by atoms with Crippen LogP contribution in [-0.2, 0) is 4.74 Å². The quantitative estimate of drug-likeness (QED) is 0.712. The van der Waals surface area contributed by atoms with Gasteiger partial charge in [-0.25, -0.2) is 0 Å². The van der Waals surface area contributed by atoms with Crippen molar-refractivity contribution in [1.82, 2.24) is 10.2 Å². The van der Waals surface area contributed by atoms with E-state index < -0.39 is 0 Å². The summed E-state index contributed by atoms with van der Waals surface area (Å²) in [5.74, 6) is 0.898. The second-order valence-electron chi connectivity index (χ2n) is 5.97. The van der Waals surface area contributed by atoms with Gasteiger partial charge in [-0.05, 0) is 44.6 Å². The van der Waals surface area contributed by atoms with Crippen LogP contribution in [0.2, 0.25) is 0 Å². The van der Waals surface area contributed by atoms with Crippen molar-refractivity contribution < 1.29 is 4.74 Å². The van der Waals surface area contributed by atoms with Gasteiger partial charge in [0.2, 0.25) is 0 Å². The maximum absolute atomic E-state index is 5.68. The minimum Gasteiger partial charge on any atom is -0.380 e. The van der Waals surface area contributed by atoms with E-state index in [0.29, 0.717) is 0 Å². The second kappa shape index (κ2) is 5.68. The first-order valence-electron chi connectivity index (χ1n) is 7.48. The molecule has 0 aromatic heterocycles. The average molecular weight is 238 g/mol.